The van der Waals surface area contributed by atoms with E-state index in [0.717, 1.165) is 38.5 Å². The molecule has 0 aromatic carbocycles. The lowest BCUT2D eigenvalue weighted by Gasteiger charge is -2.30. The molecule has 0 spiro atoms. The highest BCUT2D eigenvalue weighted by Gasteiger charge is 2.30. The minimum absolute atomic E-state index is 0.0854. The molecule has 154 valence electrons. The fourth-order valence-electron chi connectivity index (χ4n) is 3.11. The first-order valence-electron chi connectivity index (χ1n) is 9.41. The van der Waals surface area contributed by atoms with Gasteiger partial charge in [0.2, 0.25) is 17.7 Å². The van der Waals surface area contributed by atoms with E-state index in [-0.39, 0.29) is 30.2 Å². The summed E-state index contributed by atoms with van der Waals surface area (Å²) in [6, 6.07) is -1.32. The van der Waals surface area contributed by atoms with Crippen molar-refractivity contribution in [3.05, 3.63) is 0 Å². The van der Waals surface area contributed by atoms with Gasteiger partial charge in [-0.3, -0.25) is 19.8 Å². The van der Waals surface area contributed by atoms with Crippen LogP contribution in [0.1, 0.15) is 45.4 Å². The molecule has 0 bridgehead atoms. The minimum atomic E-state index is -0.696. The molecule has 0 aromatic rings. The van der Waals surface area contributed by atoms with Gasteiger partial charge < -0.3 is 27.0 Å². The summed E-state index contributed by atoms with van der Waals surface area (Å²) < 4.78 is 0. The number of nitrogens with two attached hydrogens (primary N) is 1. The van der Waals surface area contributed by atoms with Crippen LogP contribution >= 0.6 is 12.6 Å². The summed E-state index contributed by atoms with van der Waals surface area (Å²) in [5, 5.41) is 18.0. The van der Waals surface area contributed by atoms with Crippen LogP contribution in [0.4, 0.5) is 0 Å². The first-order chi connectivity index (χ1) is 12.8. The van der Waals surface area contributed by atoms with Gasteiger partial charge in [0.1, 0.15) is 12.1 Å². The van der Waals surface area contributed by atoms with Crippen molar-refractivity contribution in [1.82, 2.24) is 21.3 Å². The largest absolute Gasteiger partial charge is 0.370 e. The van der Waals surface area contributed by atoms with Gasteiger partial charge >= 0.3 is 0 Å². The molecule has 2 atom stereocenters. The Balaban J connectivity index is 2.45. The van der Waals surface area contributed by atoms with E-state index in [9.17, 15) is 14.4 Å². The van der Waals surface area contributed by atoms with Crippen LogP contribution in [0.25, 0.3) is 0 Å². The first-order valence-corrected chi connectivity index (χ1v) is 10.0. The SMILES string of the molecule is CC(NC(=O)CNC(=O)C(NC(=N)N)C1CCCCC1)C(=O)NCCCS. The number of amides is 3. The molecule has 0 heterocycles. The number of hydrogen-bond acceptors (Lipinski definition) is 5. The number of guanidine groups is 1. The molecule has 0 radical (unpaired) electrons. The molecular weight excluding hydrogens is 368 g/mol. The Morgan fingerprint density at radius 3 is 2.37 bits per heavy atom. The van der Waals surface area contributed by atoms with E-state index in [1.807, 2.05) is 0 Å². The molecular formula is C17H32N6O3S. The highest BCUT2D eigenvalue weighted by molar-refractivity contribution is 7.80. The van der Waals surface area contributed by atoms with Crippen LogP contribution in [0.3, 0.4) is 0 Å². The highest BCUT2D eigenvalue weighted by Crippen LogP contribution is 2.26. The topological polar surface area (TPSA) is 149 Å². The van der Waals surface area contributed by atoms with Crippen molar-refractivity contribution in [3.63, 3.8) is 0 Å². The van der Waals surface area contributed by atoms with E-state index in [0.29, 0.717) is 12.3 Å². The van der Waals surface area contributed by atoms with Gasteiger partial charge in [-0.1, -0.05) is 19.3 Å². The van der Waals surface area contributed by atoms with Gasteiger partial charge in [0.05, 0.1) is 6.54 Å². The van der Waals surface area contributed by atoms with E-state index in [1.165, 1.54) is 0 Å². The van der Waals surface area contributed by atoms with Crippen molar-refractivity contribution < 1.29 is 14.4 Å². The smallest absolute Gasteiger partial charge is 0.243 e. The Hall–Kier alpha value is -1.97. The average Bonchev–Trinajstić information content (AvgIpc) is 2.64. The Labute approximate surface area is 165 Å². The lowest BCUT2D eigenvalue weighted by molar-refractivity contribution is -0.130. The van der Waals surface area contributed by atoms with Gasteiger partial charge in [-0.05, 0) is 37.9 Å². The molecule has 1 saturated carbocycles. The number of nitrogens with one attached hydrogen (secondary N) is 5. The molecule has 2 unspecified atom stereocenters. The monoisotopic (exact) mass is 400 g/mol. The Kier molecular flexibility index (Phi) is 10.6. The second-order valence-corrected chi connectivity index (χ2v) is 7.26. The fraction of sp³-hybridized carbons (Fsp3) is 0.765. The zero-order valence-electron chi connectivity index (χ0n) is 15.8. The summed E-state index contributed by atoms with van der Waals surface area (Å²) in [6.07, 6.45) is 5.73. The van der Waals surface area contributed by atoms with Gasteiger partial charge in [0, 0.05) is 6.54 Å². The third kappa shape index (κ3) is 8.98. The van der Waals surface area contributed by atoms with Gasteiger partial charge in [0.25, 0.3) is 0 Å². The quantitative estimate of drug-likeness (QED) is 0.114. The third-order valence-electron chi connectivity index (χ3n) is 4.54. The van der Waals surface area contributed by atoms with Crippen LogP contribution in [0, 0.1) is 11.3 Å². The summed E-state index contributed by atoms with van der Waals surface area (Å²) in [7, 11) is 0. The molecule has 0 aromatic heterocycles. The summed E-state index contributed by atoms with van der Waals surface area (Å²) in [5.41, 5.74) is 5.41. The molecule has 7 N–H and O–H groups in total. The molecule has 1 rings (SSSR count). The summed E-state index contributed by atoms with van der Waals surface area (Å²) in [5.74, 6) is -0.610. The summed E-state index contributed by atoms with van der Waals surface area (Å²) in [4.78, 5) is 36.3. The van der Waals surface area contributed by atoms with Crippen molar-refractivity contribution in [2.45, 2.75) is 57.5 Å². The van der Waals surface area contributed by atoms with Crippen LogP contribution in [0.5, 0.6) is 0 Å². The lowest BCUT2D eigenvalue weighted by atomic mass is 9.83. The van der Waals surface area contributed by atoms with Crippen molar-refractivity contribution in [3.8, 4) is 0 Å². The number of carbonyl (C=O) groups is 3. The number of carbonyl (C=O) groups excluding carboxylic acids is 3. The molecule has 0 aliphatic heterocycles. The second kappa shape index (κ2) is 12.4. The summed E-state index contributed by atoms with van der Waals surface area (Å²) in [6.45, 7) is 1.84. The highest BCUT2D eigenvalue weighted by atomic mass is 32.1. The van der Waals surface area contributed by atoms with E-state index < -0.39 is 18.0 Å². The van der Waals surface area contributed by atoms with Gasteiger partial charge in [-0.2, -0.15) is 12.6 Å². The molecule has 1 aliphatic carbocycles. The van der Waals surface area contributed by atoms with E-state index in [4.69, 9.17) is 11.1 Å². The number of rotatable bonds is 10. The van der Waals surface area contributed by atoms with Gasteiger partial charge in [0.15, 0.2) is 5.96 Å². The maximum atomic E-state index is 12.5. The predicted octanol–water partition coefficient (Wildman–Crippen LogP) is -0.525. The third-order valence-corrected chi connectivity index (χ3v) is 4.86. The van der Waals surface area contributed by atoms with Crippen LogP contribution in [-0.4, -0.2) is 54.6 Å². The number of hydrogen-bond donors (Lipinski definition) is 7. The van der Waals surface area contributed by atoms with Crippen molar-refractivity contribution in [2.75, 3.05) is 18.8 Å². The van der Waals surface area contributed by atoms with E-state index in [1.54, 1.807) is 6.92 Å². The molecule has 1 fully saturated rings. The normalized spacial score (nSPS) is 16.7. The average molecular weight is 401 g/mol. The molecule has 9 nitrogen and oxygen atoms in total. The minimum Gasteiger partial charge on any atom is -0.370 e. The molecule has 10 heteroatoms. The van der Waals surface area contributed by atoms with Crippen molar-refractivity contribution in [1.29, 1.82) is 5.41 Å². The zero-order chi connectivity index (χ0) is 20.2. The molecule has 1 aliphatic rings. The zero-order valence-corrected chi connectivity index (χ0v) is 16.7. The summed E-state index contributed by atoms with van der Waals surface area (Å²) >= 11 is 4.06. The van der Waals surface area contributed by atoms with Crippen LogP contribution < -0.4 is 27.0 Å². The Bertz CT molecular complexity index is 525. The van der Waals surface area contributed by atoms with Crippen LogP contribution in [0.15, 0.2) is 0 Å². The van der Waals surface area contributed by atoms with Crippen molar-refractivity contribution in [2.24, 2.45) is 11.7 Å². The second-order valence-electron chi connectivity index (χ2n) is 6.81. The first kappa shape index (κ1) is 23.1. The van der Waals surface area contributed by atoms with E-state index >= 15 is 0 Å². The van der Waals surface area contributed by atoms with Gasteiger partial charge in [-0.25, -0.2) is 0 Å². The van der Waals surface area contributed by atoms with Gasteiger partial charge in [-0.15, -0.1) is 0 Å². The van der Waals surface area contributed by atoms with Crippen LogP contribution in [0.2, 0.25) is 0 Å². The maximum Gasteiger partial charge on any atom is 0.243 e. The molecule has 3 amide bonds. The maximum absolute atomic E-state index is 12.5. The molecule has 0 saturated heterocycles. The Morgan fingerprint density at radius 2 is 1.78 bits per heavy atom. The Morgan fingerprint density at radius 1 is 1.11 bits per heavy atom. The standard InChI is InChI=1S/C17H32N6O3S/c1-11(15(25)20-8-5-9-27)22-13(24)10-21-16(26)14(23-17(18)19)12-6-3-2-4-7-12/h11-12,14,27H,2-10H2,1H3,(H,20,25)(H,21,26)(H,22,24)(H4,18,19,23). The van der Waals surface area contributed by atoms with E-state index in [2.05, 4.69) is 33.9 Å². The predicted molar refractivity (Wildman–Crippen MR) is 108 cm³/mol. The number of thiol groups is 1. The lowest BCUT2D eigenvalue weighted by Crippen LogP contribution is -2.55. The van der Waals surface area contributed by atoms with Crippen molar-refractivity contribution >= 4 is 36.3 Å². The molecule has 27 heavy (non-hydrogen) atoms. The fourth-order valence-corrected chi connectivity index (χ4v) is 3.27. The van der Waals surface area contributed by atoms with Crippen LogP contribution in [-0.2, 0) is 14.4 Å².